The number of phenols is 2. The molecular formula is C32H40F2N2O2. The zero-order valence-corrected chi connectivity index (χ0v) is 22.0. The molecule has 8 aliphatic rings. The summed E-state index contributed by atoms with van der Waals surface area (Å²) >= 11 is 0. The third-order valence-electron chi connectivity index (χ3n) is 11.5. The van der Waals surface area contributed by atoms with E-state index in [2.05, 4.69) is 0 Å². The summed E-state index contributed by atoms with van der Waals surface area (Å²) in [6.45, 7) is 0. The van der Waals surface area contributed by atoms with Crippen molar-refractivity contribution in [2.75, 3.05) is 11.5 Å². The van der Waals surface area contributed by atoms with E-state index in [0.29, 0.717) is 35.5 Å². The van der Waals surface area contributed by atoms with Crippen molar-refractivity contribution in [3.8, 4) is 11.5 Å². The average Bonchev–Trinajstić information content (AvgIpc) is 2.84. The predicted molar refractivity (Wildman–Crippen MR) is 145 cm³/mol. The Bertz CT molecular complexity index is 1090. The topological polar surface area (TPSA) is 92.5 Å². The smallest absolute Gasteiger partial charge is 0.146 e. The lowest BCUT2D eigenvalue weighted by Gasteiger charge is -2.54. The Labute approximate surface area is 223 Å². The minimum atomic E-state index is -0.387. The molecule has 2 aromatic rings. The molecule has 204 valence electrons. The van der Waals surface area contributed by atoms with E-state index in [4.69, 9.17) is 11.5 Å². The second-order valence-corrected chi connectivity index (χ2v) is 13.8. The summed E-state index contributed by atoms with van der Waals surface area (Å²) in [6, 6.07) is 5.74. The molecule has 0 atom stereocenters. The Morgan fingerprint density at radius 1 is 0.500 bits per heavy atom. The number of rotatable bonds is 2. The average molecular weight is 523 g/mol. The van der Waals surface area contributed by atoms with Crippen molar-refractivity contribution in [2.45, 2.75) is 76.0 Å². The van der Waals surface area contributed by atoms with E-state index in [1.54, 1.807) is 0 Å². The van der Waals surface area contributed by atoms with Crippen LogP contribution in [0.5, 0.6) is 11.5 Å². The van der Waals surface area contributed by atoms with Gasteiger partial charge in [-0.3, -0.25) is 0 Å². The number of nitrogen functional groups attached to an aromatic ring is 2. The van der Waals surface area contributed by atoms with Crippen LogP contribution in [0.15, 0.2) is 24.3 Å². The van der Waals surface area contributed by atoms with E-state index >= 15 is 0 Å². The molecule has 0 saturated heterocycles. The van der Waals surface area contributed by atoms with Gasteiger partial charge in [-0.05, 0) is 136 Å². The molecule has 8 fully saturated rings. The van der Waals surface area contributed by atoms with E-state index in [0.717, 1.165) is 34.8 Å². The number of halogens is 2. The molecule has 0 amide bonds. The third-order valence-corrected chi connectivity index (χ3v) is 11.5. The second kappa shape index (κ2) is 9.02. The van der Waals surface area contributed by atoms with E-state index in [-0.39, 0.29) is 34.5 Å². The molecule has 0 aliphatic heterocycles. The molecule has 0 aromatic heterocycles. The number of nitrogens with two attached hydrogens (primary N) is 2. The first-order valence-corrected chi connectivity index (χ1v) is 14.8. The van der Waals surface area contributed by atoms with Crippen LogP contribution in [0.2, 0.25) is 0 Å². The van der Waals surface area contributed by atoms with Gasteiger partial charge in [-0.15, -0.1) is 0 Å². The van der Waals surface area contributed by atoms with Crippen LogP contribution in [0, 0.1) is 59.0 Å². The lowest BCUT2D eigenvalue weighted by Crippen LogP contribution is -2.43. The molecule has 2 aromatic carbocycles. The lowest BCUT2D eigenvalue weighted by atomic mass is 9.50. The molecule has 0 unspecified atom stereocenters. The summed E-state index contributed by atoms with van der Waals surface area (Å²) in [6.07, 6.45) is 12.9. The molecule has 8 bridgehead atoms. The van der Waals surface area contributed by atoms with Gasteiger partial charge in [0.1, 0.15) is 23.1 Å². The summed E-state index contributed by atoms with van der Waals surface area (Å²) < 4.78 is 27.5. The maximum Gasteiger partial charge on any atom is 0.146 e. The fourth-order valence-corrected chi connectivity index (χ4v) is 10.6. The van der Waals surface area contributed by atoms with Gasteiger partial charge < -0.3 is 21.7 Å². The Kier molecular flexibility index (Phi) is 5.83. The van der Waals surface area contributed by atoms with Gasteiger partial charge in [0.05, 0.1) is 11.4 Å². The first kappa shape index (κ1) is 24.5. The van der Waals surface area contributed by atoms with E-state index in [1.165, 1.54) is 88.5 Å². The zero-order chi connectivity index (χ0) is 26.3. The highest BCUT2D eigenvalue weighted by molar-refractivity contribution is 5.52. The lowest BCUT2D eigenvalue weighted by molar-refractivity contribution is -0.00359. The standard InChI is InChI=1S/2C16H20FNO/c2*17-13-6-12(15(19)7-14(13)18)16-10-2-8-1-9(4-10)5-11(16)3-8/h2*6-11,16,19H,1-5,18H2. The number of hydrogen-bond acceptors (Lipinski definition) is 4. The van der Waals surface area contributed by atoms with Gasteiger partial charge in [0.2, 0.25) is 0 Å². The summed E-state index contributed by atoms with van der Waals surface area (Å²) in [5.41, 5.74) is 12.8. The molecule has 10 rings (SSSR count). The fraction of sp³-hybridized carbons (Fsp3) is 0.625. The van der Waals surface area contributed by atoms with Crippen LogP contribution in [-0.4, -0.2) is 10.2 Å². The van der Waals surface area contributed by atoms with Gasteiger partial charge in [-0.2, -0.15) is 0 Å². The highest BCUT2D eigenvalue weighted by atomic mass is 19.1. The van der Waals surface area contributed by atoms with E-state index in [9.17, 15) is 19.0 Å². The van der Waals surface area contributed by atoms with E-state index in [1.807, 2.05) is 0 Å². The van der Waals surface area contributed by atoms with Crippen LogP contribution in [0.4, 0.5) is 20.2 Å². The van der Waals surface area contributed by atoms with E-state index < -0.39 is 0 Å². The maximum atomic E-state index is 13.7. The van der Waals surface area contributed by atoms with Gasteiger partial charge in [-0.25, -0.2) is 8.78 Å². The SMILES string of the molecule is Nc1cc(O)c(C2C3CC4CC(C3)CC2C4)cc1F.Nc1cc(O)c(C2C3CC4CC(C3)CC2C4)cc1F. The molecule has 8 aliphatic carbocycles. The molecule has 0 heterocycles. The first-order chi connectivity index (χ1) is 18.2. The number of anilines is 2. The minimum Gasteiger partial charge on any atom is -0.508 e. The quantitative estimate of drug-likeness (QED) is 0.311. The molecular weight excluding hydrogens is 482 g/mol. The monoisotopic (exact) mass is 522 g/mol. The molecule has 38 heavy (non-hydrogen) atoms. The number of benzene rings is 2. The number of aromatic hydroxyl groups is 2. The van der Waals surface area contributed by atoms with Crippen molar-refractivity contribution >= 4 is 11.4 Å². The third kappa shape index (κ3) is 4.05. The van der Waals surface area contributed by atoms with Crippen molar-refractivity contribution in [1.82, 2.24) is 0 Å². The van der Waals surface area contributed by atoms with Crippen molar-refractivity contribution in [3.63, 3.8) is 0 Å². The zero-order valence-electron chi connectivity index (χ0n) is 22.0. The fourth-order valence-electron chi connectivity index (χ4n) is 10.6. The van der Waals surface area contributed by atoms with Crippen LogP contribution < -0.4 is 11.5 Å². The normalized spacial score (nSPS) is 39.7. The molecule has 8 saturated carbocycles. The molecule has 4 nitrogen and oxygen atoms in total. The summed E-state index contributed by atoms with van der Waals surface area (Å²) in [5.74, 6) is 6.44. The van der Waals surface area contributed by atoms with Crippen molar-refractivity contribution in [1.29, 1.82) is 0 Å². The van der Waals surface area contributed by atoms with Crippen molar-refractivity contribution in [2.24, 2.45) is 47.3 Å². The summed E-state index contributed by atoms with van der Waals surface area (Å²) in [5, 5.41) is 20.3. The van der Waals surface area contributed by atoms with Crippen molar-refractivity contribution in [3.05, 3.63) is 47.0 Å². The van der Waals surface area contributed by atoms with Gasteiger partial charge in [-0.1, -0.05) is 0 Å². The maximum absolute atomic E-state index is 13.7. The minimum absolute atomic E-state index is 0.0464. The summed E-state index contributed by atoms with van der Waals surface area (Å²) in [7, 11) is 0. The van der Waals surface area contributed by atoms with Crippen LogP contribution in [-0.2, 0) is 0 Å². The Hall–Kier alpha value is -2.50. The van der Waals surface area contributed by atoms with Crippen LogP contribution in [0.25, 0.3) is 0 Å². The highest BCUT2D eigenvalue weighted by Crippen LogP contribution is 2.62. The largest absolute Gasteiger partial charge is 0.508 e. The highest BCUT2D eigenvalue weighted by Gasteiger charge is 2.50. The Morgan fingerprint density at radius 2 is 0.789 bits per heavy atom. The van der Waals surface area contributed by atoms with Gasteiger partial charge in [0.25, 0.3) is 0 Å². The Balaban J connectivity index is 0.000000127. The van der Waals surface area contributed by atoms with Crippen LogP contribution in [0.1, 0.15) is 87.2 Å². The molecule has 6 heteroatoms. The molecule has 6 N–H and O–H groups in total. The predicted octanol–water partition coefficient (Wildman–Crippen LogP) is 7.31. The number of phenolic OH excluding ortho intramolecular Hbond substituents is 2. The summed E-state index contributed by atoms with van der Waals surface area (Å²) in [4.78, 5) is 0. The van der Waals surface area contributed by atoms with Gasteiger partial charge in [0, 0.05) is 23.3 Å². The van der Waals surface area contributed by atoms with Gasteiger partial charge in [0.15, 0.2) is 0 Å². The Morgan fingerprint density at radius 3 is 1.08 bits per heavy atom. The number of hydrogen-bond donors (Lipinski definition) is 4. The second-order valence-electron chi connectivity index (χ2n) is 13.8. The van der Waals surface area contributed by atoms with Crippen molar-refractivity contribution < 1.29 is 19.0 Å². The van der Waals surface area contributed by atoms with Crippen LogP contribution in [0.3, 0.4) is 0 Å². The first-order valence-electron chi connectivity index (χ1n) is 14.8. The van der Waals surface area contributed by atoms with Crippen LogP contribution >= 0.6 is 0 Å². The van der Waals surface area contributed by atoms with Gasteiger partial charge >= 0.3 is 0 Å². The molecule has 0 spiro atoms. The molecule has 0 radical (unpaired) electrons.